The third kappa shape index (κ3) is 3.18. The molecule has 5 nitrogen and oxygen atoms in total. The van der Waals surface area contributed by atoms with Gasteiger partial charge in [-0.2, -0.15) is 0 Å². The number of benzene rings is 1. The van der Waals surface area contributed by atoms with E-state index in [2.05, 4.69) is 18.8 Å². The van der Waals surface area contributed by atoms with Gasteiger partial charge in [0.05, 0.1) is 12.7 Å². The predicted octanol–water partition coefficient (Wildman–Crippen LogP) is 4.44. The highest BCUT2D eigenvalue weighted by Crippen LogP contribution is 2.26. The lowest BCUT2D eigenvalue weighted by molar-refractivity contribution is 0.0510. The highest BCUT2D eigenvalue weighted by Gasteiger charge is 2.29. The molecule has 0 aliphatic carbocycles. The maximum atomic E-state index is 13.1. The van der Waals surface area contributed by atoms with Crippen molar-refractivity contribution < 1.29 is 9.53 Å². The van der Waals surface area contributed by atoms with Crippen molar-refractivity contribution >= 4 is 16.9 Å². The van der Waals surface area contributed by atoms with Crippen LogP contribution in [0.5, 0.6) is 5.75 Å². The Morgan fingerprint density at radius 1 is 1.11 bits per heavy atom. The number of fused-ring (bicyclic) bond motifs is 1. The Bertz CT molecular complexity index is 951. The van der Waals surface area contributed by atoms with Crippen LogP contribution in [0.25, 0.3) is 16.7 Å². The van der Waals surface area contributed by atoms with E-state index >= 15 is 0 Å². The molecule has 140 valence electrons. The fourth-order valence-electron chi connectivity index (χ4n) is 4.06. The number of hydrogen-bond acceptors (Lipinski definition) is 3. The minimum Gasteiger partial charge on any atom is -0.497 e. The van der Waals surface area contributed by atoms with Gasteiger partial charge in [0, 0.05) is 35.6 Å². The molecule has 2 atom stereocenters. The minimum atomic E-state index is 0.0845. The zero-order valence-electron chi connectivity index (χ0n) is 16.1. The maximum absolute atomic E-state index is 13.1. The van der Waals surface area contributed by atoms with E-state index in [0.29, 0.717) is 5.56 Å². The van der Waals surface area contributed by atoms with Gasteiger partial charge in [-0.1, -0.05) is 0 Å². The van der Waals surface area contributed by atoms with E-state index < -0.39 is 0 Å². The van der Waals surface area contributed by atoms with Crippen LogP contribution in [0.15, 0.2) is 48.8 Å². The summed E-state index contributed by atoms with van der Waals surface area (Å²) in [6.45, 7) is 4.28. The van der Waals surface area contributed by atoms with Crippen molar-refractivity contribution in [3.05, 3.63) is 54.4 Å². The Hall–Kier alpha value is -2.82. The van der Waals surface area contributed by atoms with Crippen molar-refractivity contribution in [3.8, 4) is 11.4 Å². The van der Waals surface area contributed by atoms with Crippen molar-refractivity contribution in [3.63, 3.8) is 0 Å². The molecule has 1 aromatic carbocycles. The minimum absolute atomic E-state index is 0.0845. The molecule has 3 heterocycles. The summed E-state index contributed by atoms with van der Waals surface area (Å²) in [6.07, 6.45) is 7.02. The van der Waals surface area contributed by atoms with E-state index in [-0.39, 0.29) is 18.0 Å². The highest BCUT2D eigenvalue weighted by molar-refractivity contribution is 5.97. The number of carbonyl (C=O) groups excluding carboxylic acids is 1. The number of amides is 1. The number of nitrogens with zero attached hydrogens (tertiary/aromatic N) is 3. The highest BCUT2D eigenvalue weighted by atomic mass is 16.5. The standard InChI is InChI=1S/C22H25N3O2/c1-15-5-4-6-16(2)25(15)22(26)18-13-17-11-12-24(21(17)23-14-18)19-7-9-20(27-3)10-8-19/h7-16H,4-6H2,1-3H3/t15-,16?/m0/s1. The summed E-state index contributed by atoms with van der Waals surface area (Å²) in [5, 5.41) is 0.967. The molecule has 27 heavy (non-hydrogen) atoms. The SMILES string of the molecule is COc1ccc(-n2ccc3cc(C(=O)N4C(C)CCC[C@@H]4C)cnc32)cc1. The number of pyridine rings is 1. The number of aromatic nitrogens is 2. The number of ether oxygens (including phenoxy) is 1. The molecule has 1 saturated heterocycles. The molecule has 0 N–H and O–H groups in total. The fourth-order valence-corrected chi connectivity index (χ4v) is 4.06. The molecular weight excluding hydrogens is 338 g/mol. The molecule has 0 bridgehead atoms. The molecule has 5 heteroatoms. The lowest BCUT2D eigenvalue weighted by Crippen LogP contribution is -2.47. The molecule has 1 aliphatic heterocycles. The van der Waals surface area contributed by atoms with Crippen LogP contribution in [0.3, 0.4) is 0 Å². The first-order chi connectivity index (χ1) is 13.1. The molecule has 1 aliphatic rings. The molecule has 3 aromatic rings. The van der Waals surface area contributed by atoms with Gasteiger partial charge in [0.2, 0.25) is 0 Å². The summed E-state index contributed by atoms with van der Waals surface area (Å²) >= 11 is 0. The van der Waals surface area contributed by atoms with E-state index in [1.807, 2.05) is 52.1 Å². The van der Waals surface area contributed by atoms with Gasteiger partial charge in [0.15, 0.2) is 0 Å². The average Bonchev–Trinajstić information content (AvgIpc) is 3.11. The summed E-state index contributed by atoms with van der Waals surface area (Å²) in [5.41, 5.74) is 2.52. The van der Waals surface area contributed by atoms with Crippen LogP contribution >= 0.6 is 0 Å². The van der Waals surface area contributed by atoms with Gasteiger partial charge in [-0.3, -0.25) is 4.79 Å². The number of piperidine rings is 1. The van der Waals surface area contributed by atoms with Gasteiger partial charge in [-0.05, 0) is 69.5 Å². The third-order valence-corrected chi connectivity index (χ3v) is 5.55. The summed E-state index contributed by atoms with van der Waals surface area (Å²) in [6, 6.07) is 12.4. The van der Waals surface area contributed by atoms with Crippen molar-refractivity contribution in [2.24, 2.45) is 0 Å². The van der Waals surface area contributed by atoms with E-state index in [9.17, 15) is 4.79 Å². The van der Waals surface area contributed by atoms with Crippen LogP contribution in [0, 0.1) is 0 Å². The lowest BCUT2D eigenvalue weighted by Gasteiger charge is -2.39. The zero-order chi connectivity index (χ0) is 19.0. The normalized spacial score (nSPS) is 20.0. The maximum Gasteiger partial charge on any atom is 0.255 e. The van der Waals surface area contributed by atoms with Gasteiger partial charge < -0.3 is 14.2 Å². The lowest BCUT2D eigenvalue weighted by atomic mass is 9.96. The molecule has 1 unspecified atom stereocenters. The number of rotatable bonds is 3. The van der Waals surface area contributed by atoms with Gasteiger partial charge in [0.1, 0.15) is 11.4 Å². The second kappa shape index (κ2) is 7.06. The molecule has 0 radical (unpaired) electrons. The number of carbonyl (C=O) groups is 1. The van der Waals surface area contributed by atoms with Crippen LogP contribution in [-0.2, 0) is 0 Å². The Kier molecular flexibility index (Phi) is 4.60. The third-order valence-electron chi connectivity index (χ3n) is 5.55. The number of methoxy groups -OCH3 is 1. The van der Waals surface area contributed by atoms with E-state index in [4.69, 9.17) is 4.74 Å². The monoisotopic (exact) mass is 363 g/mol. The van der Waals surface area contributed by atoms with Crippen LogP contribution in [-0.4, -0.2) is 39.6 Å². The smallest absolute Gasteiger partial charge is 0.255 e. The van der Waals surface area contributed by atoms with E-state index in [1.165, 1.54) is 6.42 Å². The van der Waals surface area contributed by atoms with E-state index in [0.717, 1.165) is 35.3 Å². The predicted molar refractivity (Wildman–Crippen MR) is 107 cm³/mol. The van der Waals surface area contributed by atoms with E-state index in [1.54, 1.807) is 13.3 Å². The molecule has 1 amide bonds. The molecule has 0 saturated carbocycles. The van der Waals surface area contributed by atoms with Gasteiger partial charge in [-0.25, -0.2) is 4.98 Å². The van der Waals surface area contributed by atoms with Gasteiger partial charge >= 0.3 is 0 Å². The van der Waals surface area contributed by atoms with Crippen molar-refractivity contribution in [1.82, 2.24) is 14.5 Å². The summed E-state index contributed by atoms with van der Waals surface area (Å²) in [5.74, 6) is 0.905. The Morgan fingerprint density at radius 2 is 1.81 bits per heavy atom. The second-order valence-electron chi connectivity index (χ2n) is 7.36. The number of likely N-dealkylation sites (tertiary alicyclic amines) is 1. The van der Waals surface area contributed by atoms with Crippen LogP contribution in [0.4, 0.5) is 0 Å². The number of hydrogen-bond donors (Lipinski definition) is 0. The second-order valence-corrected chi connectivity index (χ2v) is 7.36. The van der Waals surface area contributed by atoms with Crippen LogP contribution < -0.4 is 4.74 Å². The van der Waals surface area contributed by atoms with Gasteiger partial charge in [-0.15, -0.1) is 0 Å². The largest absolute Gasteiger partial charge is 0.497 e. The summed E-state index contributed by atoms with van der Waals surface area (Å²) in [4.78, 5) is 19.7. The van der Waals surface area contributed by atoms with Crippen molar-refractivity contribution in [2.45, 2.75) is 45.2 Å². The molecular formula is C22H25N3O2. The Labute approximate surface area is 159 Å². The van der Waals surface area contributed by atoms with Crippen molar-refractivity contribution in [1.29, 1.82) is 0 Å². The van der Waals surface area contributed by atoms with Crippen LogP contribution in [0.2, 0.25) is 0 Å². The quantitative estimate of drug-likeness (QED) is 0.691. The van der Waals surface area contributed by atoms with Gasteiger partial charge in [0.25, 0.3) is 5.91 Å². The summed E-state index contributed by atoms with van der Waals surface area (Å²) < 4.78 is 7.25. The molecule has 2 aromatic heterocycles. The zero-order valence-corrected chi connectivity index (χ0v) is 16.1. The van der Waals surface area contributed by atoms with Crippen LogP contribution in [0.1, 0.15) is 43.5 Å². The first-order valence-corrected chi connectivity index (χ1v) is 9.52. The average molecular weight is 363 g/mol. The molecule has 0 spiro atoms. The summed E-state index contributed by atoms with van der Waals surface area (Å²) in [7, 11) is 1.66. The molecule has 1 fully saturated rings. The fraction of sp³-hybridized carbons (Fsp3) is 0.364. The Balaban J connectivity index is 1.66. The first-order valence-electron chi connectivity index (χ1n) is 9.52. The van der Waals surface area contributed by atoms with Crippen molar-refractivity contribution in [2.75, 3.05) is 7.11 Å². The molecule has 4 rings (SSSR count). The topological polar surface area (TPSA) is 47.4 Å². The Morgan fingerprint density at radius 3 is 2.48 bits per heavy atom. The first kappa shape index (κ1) is 17.6.